The number of hydrogen-bond donors (Lipinski definition) is 0. The largest absolute Gasteiger partial charge is 0.497 e. The van der Waals surface area contributed by atoms with Gasteiger partial charge in [0.1, 0.15) is 17.3 Å². The van der Waals surface area contributed by atoms with Crippen molar-refractivity contribution in [3.63, 3.8) is 0 Å². The Morgan fingerprint density at radius 2 is 2.00 bits per heavy atom. The number of carbonyl (C=O) groups excluding carboxylic acids is 1. The maximum Gasteiger partial charge on any atom is 0.139 e. The number of methoxy groups -OCH3 is 1. The van der Waals surface area contributed by atoms with Crippen LogP contribution in [0.2, 0.25) is 0 Å². The Morgan fingerprint density at radius 3 is 2.69 bits per heavy atom. The van der Waals surface area contributed by atoms with Crippen LogP contribution < -0.4 is 9.47 Å². The molecule has 3 aliphatic rings. The lowest BCUT2D eigenvalue weighted by molar-refractivity contribution is -0.143. The summed E-state index contributed by atoms with van der Waals surface area (Å²) in [5.74, 6) is 3.75. The lowest BCUT2D eigenvalue weighted by Crippen LogP contribution is -2.53. The quantitative estimate of drug-likeness (QED) is 0.640. The van der Waals surface area contributed by atoms with E-state index in [1.165, 1.54) is 18.4 Å². The average Bonchev–Trinajstić information content (AvgIpc) is 2.62. The summed E-state index contributed by atoms with van der Waals surface area (Å²) in [6, 6.07) is 6.22. The summed E-state index contributed by atoms with van der Waals surface area (Å²) >= 11 is 0. The zero-order valence-electron chi connectivity index (χ0n) is 17.0. The van der Waals surface area contributed by atoms with Crippen molar-refractivity contribution in [2.45, 2.75) is 78.2 Å². The molecule has 0 aromatic heterocycles. The van der Waals surface area contributed by atoms with E-state index < -0.39 is 0 Å². The molecule has 0 saturated heterocycles. The molecular formula is C23H34O3. The molecule has 1 aromatic carbocycles. The second-order valence-corrected chi connectivity index (χ2v) is 8.50. The zero-order valence-corrected chi connectivity index (χ0v) is 17.0. The van der Waals surface area contributed by atoms with Crippen LogP contribution in [0.4, 0.5) is 0 Å². The van der Waals surface area contributed by atoms with E-state index in [0.717, 1.165) is 37.2 Å². The van der Waals surface area contributed by atoms with Crippen LogP contribution in [0.25, 0.3) is 0 Å². The first kappa shape index (κ1) is 19.3. The lowest BCUT2D eigenvalue weighted by atomic mass is 9.51. The molecule has 0 radical (unpaired) electrons. The highest BCUT2D eigenvalue weighted by Crippen LogP contribution is 2.59. The van der Waals surface area contributed by atoms with Crippen molar-refractivity contribution in [2.24, 2.45) is 17.3 Å². The van der Waals surface area contributed by atoms with Crippen molar-refractivity contribution in [2.75, 3.05) is 7.11 Å². The van der Waals surface area contributed by atoms with Crippen LogP contribution in [0.15, 0.2) is 18.2 Å². The molecule has 5 atom stereocenters. The molecule has 0 N–H and O–H groups in total. The number of rotatable bonds is 1. The van der Waals surface area contributed by atoms with Gasteiger partial charge in [0.05, 0.1) is 13.2 Å². The van der Waals surface area contributed by atoms with Gasteiger partial charge in [-0.05, 0) is 56.1 Å². The van der Waals surface area contributed by atoms with Gasteiger partial charge in [0.25, 0.3) is 0 Å². The third kappa shape index (κ3) is 3.14. The predicted octanol–water partition coefficient (Wildman–Crippen LogP) is 5.76. The summed E-state index contributed by atoms with van der Waals surface area (Å²) in [6.07, 6.45) is 6.52. The van der Waals surface area contributed by atoms with Gasteiger partial charge in [-0.1, -0.05) is 33.3 Å². The topological polar surface area (TPSA) is 35.5 Å². The normalized spacial score (nSPS) is 35.0. The van der Waals surface area contributed by atoms with E-state index in [1.807, 2.05) is 12.1 Å². The molecule has 3 nitrogen and oxygen atoms in total. The molecule has 1 aliphatic heterocycles. The Bertz CT molecular complexity index is 653. The number of hydrogen-bond acceptors (Lipinski definition) is 3. The van der Waals surface area contributed by atoms with Crippen LogP contribution in [-0.2, 0) is 4.79 Å². The predicted molar refractivity (Wildman–Crippen MR) is 105 cm³/mol. The first-order valence-electron chi connectivity index (χ1n) is 10.3. The Balaban J connectivity index is 0.000000613. The van der Waals surface area contributed by atoms with Crippen molar-refractivity contribution in [1.82, 2.24) is 0 Å². The first-order valence-corrected chi connectivity index (χ1v) is 10.3. The Morgan fingerprint density at radius 1 is 1.27 bits per heavy atom. The standard InChI is InChI=1S/C20H26O3.C3H8/c1-12-19-15(14-8-7-13(22-3)11-17(14)23-12)9-10-20(2)16(19)5-4-6-18(20)21;1-3-2/h7-8,11-12,15-16,19H,4-6,9-10H2,1-3H3;3H2,1-2H3/t12-,15?,16?,19?,20+;/m1./s1. The van der Waals surface area contributed by atoms with Crippen molar-refractivity contribution in [3.05, 3.63) is 23.8 Å². The van der Waals surface area contributed by atoms with Gasteiger partial charge in [-0.2, -0.15) is 0 Å². The molecule has 1 aromatic rings. The fourth-order valence-corrected chi connectivity index (χ4v) is 5.51. The summed E-state index contributed by atoms with van der Waals surface area (Å²) in [6.45, 7) is 8.65. The fraction of sp³-hybridized carbons (Fsp3) is 0.696. The highest BCUT2D eigenvalue weighted by atomic mass is 16.5. The zero-order chi connectivity index (χ0) is 18.9. The van der Waals surface area contributed by atoms with Crippen LogP contribution in [0.1, 0.15) is 77.7 Å². The molecule has 144 valence electrons. The minimum Gasteiger partial charge on any atom is -0.497 e. The van der Waals surface area contributed by atoms with E-state index in [4.69, 9.17) is 9.47 Å². The maximum atomic E-state index is 12.6. The summed E-state index contributed by atoms with van der Waals surface area (Å²) in [7, 11) is 1.69. The average molecular weight is 359 g/mol. The first-order chi connectivity index (χ1) is 12.5. The van der Waals surface area contributed by atoms with Crippen LogP contribution in [0.3, 0.4) is 0 Å². The highest BCUT2D eigenvalue weighted by molar-refractivity contribution is 5.85. The SMILES string of the molecule is CCC.COc1ccc2c(c1)O[C@H](C)C1C2CC[C@]2(C)C(=O)CCCC12. The van der Waals surface area contributed by atoms with Gasteiger partial charge < -0.3 is 9.47 Å². The van der Waals surface area contributed by atoms with Gasteiger partial charge in [-0.25, -0.2) is 0 Å². The van der Waals surface area contributed by atoms with E-state index >= 15 is 0 Å². The maximum absolute atomic E-state index is 12.6. The summed E-state index contributed by atoms with van der Waals surface area (Å²) < 4.78 is 11.6. The number of benzene rings is 1. The summed E-state index contributed by atoms with van der Waals surface area (Å²) in [4.78, 5) is 12.6. The molecule has 1 heterocycles. The smallest absolute Gasteiger partial charge is 0.139 e. The van der Waals surface area contributed by atoms with Crippen LogP contribution in [0, 0.1) is 17.3 Å². The molecule has 2 aliphatic carbocycles. The second-order valence-electron chi connectivity index (χ2n) is 8.50. The molecule has 3 unspecified atom stereocenters. The molecule has 26 heavy (non-hydrogen) atoms. The number of carbonyl (C=O) groups is 1. The molecule has 0 spiro atoms. The molecular weight excluding hydrogens is 324 g/mol. The van der Waals surface area contributed by atoms with Crippen LogP contribution >= 0.6 is 0 Å². The molecule has 2 saturated carbocycles. The molecule has 0 bridgehead atoms. The Labute approximate surface area is 158 Å². The van der Waals surface area contributed by atoms with Crippen LogP contribution in [0.5, 0.6) is 11.5 Å². The molecule has 2 fully saturated rings. The molecule has 0 amide bonds. The summed E-state index contributed by atoms with van der Waals surface area (Å²) in [5, 5.41) is 0. The monoisotopic (exact) mass is 358 g/mol. The Hall–Kier alpha value is -1.51. The fourth-order valence-electron chi connectivity index (χ4n) is 5.51. The number of fused-ring (bicyclic) bond motifs is 5. The number of Topliss-reactive ketones (excluding diaryl/α,β-unsaturated/α-hetero) is 1. The molecule has 3 heteroatoms. The number of ether oxygens (including phenoxy) is 2. The van der Waals surface area contributed by atoms with E-state index in [1.54, 1.807) is 7.11 Å². The third-order valence-corrected chi connectivity index (χ3v) is 6.75. The van der Waals surface area contributed by atoms with Crippen LogP contribution in [-0.4, -0.2) is 19.0 Å². The van der Waals surface area contributed by atoms with Gasteiger partial charge in [0.15, 0.2) is 0 Å². The summed E-state index contributed by atoms with van der Waals surface area (Å²) in [5.41, 5.74) is 1.19. The lowest BCUT2D eigenvalue weighted by Gasteiger charge is -2.54. The van der Waals surface area contributed by atoms with Gasteiger partial charge in [-0.3, -0.25) is 4.79 Å². The van der Waals surface area contributed by atoms with Gasteiger partial charge >= 0.3 is 0 Å². The molecule has 4 rings (SSSR count). The minimum absolute atomic E-state index is 0.124. The second kappa shape index (κ2) is 7.62. The van der Waals surface area contributed by atoms with Gasteiger partial charge in [-0.15, -0.1) is 0 Å². The van der Waals surface area contributed by atoms with Crippen molar-refractivity contribution < 1.29 is 14.3 Å². The van der Waals surface area contributed by atoms with E-state index in [0.29, 0.717) is 23.5 Å². The van der Waals surface area contributed by atoms with Crippen molar-refractivity contribution in [3.8, 4) is 11.5 Å². The van der Waals surface area contributed by atoms with Gasteiger partial charge in [0, 0.05) is 23.8 Å². The van der Waals surface area contributed by atoms with E-state index in [2.05, 4.69) is 33.8 Å². The third-order valence-electron chi connectivity index (χ3n) is 6.75. The minimum atomic E-state index is -0.124. The highest BCUT2D eigenvalue weighted by Gasteiger charge is 2.55. The number of ketones is 1. The Kier molecular flexibility index (Phi) is 5.64. The van der Waals surface area contributed by atoms with Crippen molar-refractivity contribution in [1.29, 1.82) is 0 Å². The van der Waals surface area contributed by atoms with Crippen molar-refractivity contribution >= 4 is 5.78 Å². The van der Waals surface area contributed by atoms with E-state index in [-0.39, 0.29) is 11.5 Å². The van der Waals surface area contributed by atoms with Gasteiger partial charge in [0.2, 0.25) is 0 Å². The van der Waals surface area contributed by atoms with E-state index in [9.17, 15) is 4.79 Å².